The van der Waals surface area contributed by atoms with Crippen LogP contribution in [0, 0.1) is 0 Å². The zero-order valence-electron chi connectivity index (χ0n) is 11.9. The van der Waals surface area contributed by atoms with Gasteiger partial charge in [-0.05, 0) is 18.5 Å². The van der Waals surface area contributed by atoms with E-state index in [-0.39, 0.29) is 0 Å². The number of nitrogens with two attached hydrogens (primary N) is 1. The zero-order chi connectivity index (χ0) is 13.9. The molecular weight excluding hydrogens is 266 g/mol. The van der Waals surface area contributed by atoms with E-state index in [1.165, 1.54) is 34.7 Å². The molecule has 2 aromatic rings. The fourth-order valence-electron chi connectivity index (χ4n) is 2.66. The molecule has 2 N–H and O–H groups in total. The molecule has 0 atom stereocenters. The number of aromatic nitrogens is 1. The number of thiazole rings is 1. The summed E-state index contributed by atoms with van der Waals surface area (Å²) in [6, 6.07) is 8.46. The van der Waals surface area contributed by atoms with Crippen LogP contribution in [0.5, 0.6) is 0 Å². The molecule has 0 radical (unpaired) electrons. The lowest BCUT2D eigenvalue weighted by molar-refractivity contribution is 0.256. The van der Waals surface area contributed by atoms with Crippen molar-refractivity contribution in [2.75, 3.05) is 13.1 Å². The summed E-state index contributed by atoms with van der Waals surface area (Å²) in [5.74, 6) is 0. The van der Waals surface area contributed by atoms with Crippen molar-refractivity contribution < 1.29 is 0 Å². The van der Waals surface area contributed by atoms with Crippen molar-refractivity contribution in [3.8, 4) is 10.6 Å². The third kappa shape index (κ3) is 2.77. The summed E-state index contributed by atoms with van der Waals surface area (Å²) in [4.78, 5) is 8.81. The molecule has 3 rings (SSSR count). The molecule has 2 heterocycles. The van der Waals surface area contributed by atoms with E-state index in [2.05, 4.69) is 36.1 Å². The standard InChI is InChI=1S/C16H21N3S/c1-2-8-19-9-7-14-15(11-19)20-16(18-14)13-5-3-12(10-17)4-6-13/h3-6H,2,7-11,17H2,1H3. The van der Waals surface area contributed by atoms with Crippen molar-refractivity contribution in [2.45, 2.75) is 32.9 Å². The highest BCUT2D eigenvalue weighted by molar-refractivity contribution is 7.15. The van der Waals surface area contributed by atoms with Gasteiger partial charge in [0.05, 0.1) is 5.69 Å². The third-order valence-electron chi connectivity index (χ3n) is 3.79. The number of hydrogen-bond acceptors (Lipinski definition) is 4. The number of nitrogens with zero attached hydrogens (tertiary/aromatic N) is 2. The molecular formula is C16H21N3S. The average Bonchev–Trinajstić information content (AvgIpc) is 2.91. The van der Waals surface area contributed by atoms with Gasteiger partial charge in [-0.2, -0.15) is 0 Å². The van der Waals surface area contributed by atoms with Gasteiger partial charge in [0.15, 0.2) is 0 Å². The Balaban J connectivity index is 1.82. The maximum atomic E-state index is 5.64. The van der Waals surface area contributed by atoms with Crippen LogP contribution < -0.4 is 5.73 Å². The highest BCUT2D eigenvalue weighted by atomic mass is 32.1. The first-order valence-electron chi connectivity index (χ1n) is 7.30. The molecule has 0 saturated heterocycles. The van der Waals surface area contributed by atoms with E-state index in [9.17, 15) is 0 Å². The molecule has 106 valence electrons. The van der Waals surface area contributed by atoms with Crippen LogP contribution in [0.15, 0.2) is 24.3 Å². The largest absolute Gasteiger partial charge is 0.326 e. The second-order valence-electron chi connectivity index (χ2n) is 5.32. The molecule has 4 heteroatoms. The van der Waals surface area contributed by atoms with Crippen LogP contribution in [-0.4, -0.2) is 23.0 Å². The Bertz CT molecular complexity index is 574. The minimum atomic E-state index is 0.598. The third-order valence-corrected chi connectivity index (χ3v) is 4.92. The van der Waals surface area contributed by atoms with E-state index in [1.54, 1.807) is 0 Å². The maximum Gasteiger partial charge on any atom is 0.123 e. The van der Waals surface area contributed by atoms with Gasteiger partial charge in [-0.25, -0.2) is 4.98 Å². The summed E-state index contributed by atoms with van der Waals surface area (Å²) in [6.07, 6.45) is 2.31. The van der Waals surface area contributed by atoms with Crippen LogP contribution in [-0.2, 0) is 19.5 Å². The van der Waals surface area contributed by atoms with Crippen LogP contribution in [0.2, 0.25) is 0 Å². The summed E-state index contributed by atoms with van der Waals surface area (Å²) in [6.45, 7) is 6.25. The van der Waals surface area contributed by atoms with E-state index < -0.39 is 0 Å². The lowest BCUT2D eigenvalue weighted by Gasteiger charge is -2.25. The van der Waals surface area contributed by atoms with E-state index >= 15 is 0 Å². The van der Waals surface area contributed by atoms with E-state index in [0.29, 0.717) is 6.54 Å². The van der Waals surface area contributed by atoms with E-state index in [4.69, 9.17) is 10.7 Å². The van der Waals surface area contributed by atoms with Crippen molar-refractivity contribution in [1.29, 1.82) is 0 Å². The number of hydrogen-bond donors (Lipinski definition) is 1. The predicted molar refractivity (Wildman–Crippen MR) is 84.7 cm³/mol. The van der Waals surface area contributed by atoms with Crippen LogP contribution in [0.1, 0.15) is 29.5 Å². The summed E-state index contributed by atoms with van der Waals surface area (Å²) >= 11 is 1.85. The maximum absolute atomic E-state index is 5.64. The lowest BCUT2D eigenvalue weighted by atomic mass is 10.1. The normalized spacial score (nSPS) is 15.3. The molecule has 0 aliphatic carbocycles. The van der Waals surface area contributed by atoms with Crippen molar-refractivity contribution in [2.24, 2.45) is 5.73 Å². The van der Waals surface area contributed by atoms with Gasteiger partial charge in [0.2, 0.25) is 0 Å². The van der Waals surface area contributed by atoms with Gasteiger partial charge >= 0.3 is 0 Å². The first-order chi connectivity index (χ1) is 9.80. The fraction of sp³-hybridized carbons (Fsp3) is 0.438. The van der Waals surface area contributed by atoms with Crippen molar-refractivity contribution in [1.82, 2.24) is 9.88 Å². The second kappa shape index (κ2) is 6.04. The summed E-state index contributed by atoms with van der Waals surface area (Å²) < 4.78 is 0. The Morgan fingerprint density at radius 3 is 2.80 bits per heavy atom. The van der Waals surface area contributed by atoms with Crippen molar-refractivity contribution >= 4 is 11.3 Å². The molecule has 1 aromatic heterocycles. The Kier molecular flexibility index (Phi) is 4.15. The second-order valence-corrected chi connectivity index (χ2v) is 6.40. The molecule has 20 heavy (non-hydrogen) atoms. The molecule has 1 aromatic carbocycles. The Hall–Kier alpha value is -1.23. The van der Waals surface area contributed by atoms with Gasteiger partial charge in [0.25, 0.3) is 0 Å². The molecule has 1 aliphatic rings. The van der Waals surface area contributed by atoms with Crippen molar-refractivity contribution in [3.05, 3.63) is 40.4 Å². The molecule has 3 nitrogen and oxygen atoms in total. The first kappa shape index (κ1) is 13.7. The highest BCUT2D eigenvalue weighted by Gasteiger charge is 2.20. The monoisotopic (exact) mass is 287 g/mol. The summed E-state index contributed by atoms with van der Waals surface area (Å²) in [5, 5.41) is 1.15. The molecule has 0 amide bonds. The number of rotatable bonds is 4. The first-order valence-corrected chi connectivity index (χ1v) is 8.12. The van der Waals surface area contributed by atoms with Crippen LogP contribution in [0.25, 0.3) is 10.6 Å². The molecule has 1 aliphatic heterocycles. The predicted octanol–water partition coefficient (Wildman–Crippen LogP) is 3.04. The highest BCUT2D eigenvalue weighted by Crippen LogP contribution is 2.31. The average molecular weight is 287 g/mol. The fourth-order valence-corrected chi connectivity index (χ4v) is 3.82. The van der Waals surface area contributed by atoms with Gasteiger partial charge in [-0.3, -0.25) is 4.90 Å². The minimum Gasteiger partial charge on any atom is -0.326 e. The van der Waals surface area contributed by atoms with Crippen LogP contribution in [0.4, 0.5) is 0 Å². The van der Waals surface area contributed by atoms with E-state index in [1.807, 2.05) is 11.3 Å². The number of fused-ring (bicyclic) bond motifs is 1. The summed E-state index contributed by atoms with van der Waals surface area (Å²) in [5.41, 5.74) is 9.33. The van der Waals surface area contributed by atoms with Crippen LogP contribution in [0.3, 0.4) is 0 Å². The Labute approximate surface area is 124 Å². The number of benzene rings is 1. The smallest absolute Gasteiger partial charge is 0.123 e. The lowest BCUT2D eigenvalue weighted by Crippen LogP contribution is -2.30. The van der Waals surface area contributed by atoms with Gasteiger partial charge in [0.1, 0.15) is 5.01 Å². The molecule has 0 spiro atoms. The Morgan fingerprint density at radius 2 is 2.10 bits per heavy atom. The van der Waals surface area contributed by atoms with Gasteiger partial charge < -0.3 is 5.73 Å². The van der Waals surface area contributed by atoms with Gasteiger partial charge in [-0.15, -0.1) is 11.3 Å². The molecule has 0 unspecified atom stereocenters. The molecule has 0 saturated carbocycles. The quantitative estimate of drug-likeness (QED) is 0.940. The SMILES string of the molecule is CCCN1CCc2nc(-c3ccc(CN)cc3)sc2C1. The van der Waals surface area contributed by atoms with Crippen LogP contribution >= 0.6 is 11.3 Å². The van der Waals surface area contributed by atoms with Gasteiger partial charge in [0, 0.05) is 36.5 Å². The summed E-state index contributed by atoms with van der Waals surface area (Å²) in [7, 11) is 0. The molecule has 0 bridgehead atoms. The van der Waals surface area contributed by atoms with E-state index in [0.717, 1.165) is 24.5 Å². The zero-order valence-corrected chi connectivity index (χ0v) is 12.7. The minimum absolute atomic E-state index is 0.598. The topological polar surface area (TPSA) is 42.2 Å². The van der Waals surface area contributed by atoms with Gasteiger partial charge in [-0.1, -0.05) is 31.2 Å². The molecule has 0 fully saturated rings. The van der Waals surface area contributed by atoms with Crippen molar-refractivity contribution in [3.63, 3.8) is 0 Å². The Morgan fingerprint density at radius 1 is 1.30 bits per heavy atom.